The number of nitrogens with zero attached hydrogens (tertiary/aromatic N) is 4. The minimum Gasteiger partial charge on any atom is -0.356 e. The zero-order valence-electron chi connectivity index (χ0n) is 19.0. The van der Waals surface area contributed by atoms with Crippen LogP contribution in [0.3, 0.4) is 0 Å². The Hall–Kier alpha value is -1.81. The van der Waals surface area contributed by atoms with Crippen molar-refractivity contribution in [1.82, 2.24) is 25.0 Å². The van der Waals surface area contributed by atoms with Gasteiger partial charge in [0, 0.05) is 59.0 Å². The summed E-state index contributed by atoms with van der Waals surface area (Å²) in [5.41, 5.74) is 1.29. The van der Waals surface area contributed by atoms with Crippen molar-refractivity contribution in [3.05, 3.63) is 36.5 Å². The van der Waals surface area contributed by atoms with Crippen LogP contribution in [0.2, 0.25) is 0 Å². The topological polar surface area (TPSA) is 64.9 Å². The fraction of sp³-hybridized carbons (Fsp3) is 0.565. The normalized spacial score (nSPS) is 16.9. The molecule has 1 atom stereocenters. The van der Waals surface area contributed by atoms with Crippen molar-refractivity contribution < 1.29 is 4.79 Å². The lowest BCUT2D eigenvalue weighted by Gasteiger charge is -2.26. The fourth-order valence-electron chi connectivity index (χ4n) is 4.17. The molecule has 1 unspecified atom stereocenters. The molecule has 0 radical (unpaired) electrons. The van der Waals surface area contributed by atoms with Gasteiger partial charge in [-0.3, -0.25) is 14.7 Å². The Kier molecular flexibility index (Phi) is 10.6. The Morgan fingerprint density at radius 3 is 2.55 bits per heavy atom. The van der Waals surface area contributed by atoms with E-state index < -0.39 is 0 Å². The van der Waals surface area contributed by atoms with Gasteiger partial charge in [0.15, 0.2) is 5.96 Å². The van der Waals surface area contributed by atoms with Crippen LogP contribution in [0, 0.1) is 0 Å². The molecule has 1 aliphatic rings. The highest BCUT2D eigenvalue weighted by Gasteiger charge is 2.30. The van der Waals surface area contributed by atoms with Crippen LogP contribution in [0.1, 0.15) is 25.7 Å². The summed E-state index contributed by atoms with van der Waals surface area (Å²) in [5.74, 6) is 1.07. The van der Waals surface area contributed by atoms with E-state index in [0.717, 1.165) is 64.4 Å². The minimum atomic E-state index is 0. The third-order valence-electron chi connectivity index (χ3n) is 5.78. The number of likely N-dealkylation sites (tertiary alicyclic amines) is 1. The van der Waals surface area contributed by atoms with Gasteiger partial charge in [-0.25, -0.2) is 0 Å². The first-order valence-corrected chi connectivity index (χ1v) is 11.0. The third-order valence-corrected chi connectivity index (χ3v) is 5.78. The van der Waals surface area contributed by atoms with Gasteiger partial charge in [0.2, 0.25) is 5.91 Å². The molecule has 8 heteroatoms. The van der Waals surface area contributed by atoms with E-state index >= 15 is 0 Å². The lowest BCUT2D eigenvalue weighted by Crippen LogP contribution is -2.44. The van der Waals surface area contributed by atoms with Crippen LogP contribution in [-0.2, 0) is 11.3 Å². The maximum Gasteiger partial charge on any atom is 0.239 e. The predicted octanol–water partition coefficient (Wildman–Crippen LogP) is 2.76. The number of halogens is 1. The summed E-state index contributed by atoms with van der Waals surface area (Å²) in [4.78, 5) is 20.6. The highest BCUT2D eigenvalue weighted by atomic mass is 127. The molecule has 1 fully saturated rings. The summed E-state index contributed by atoms with van der Waals surface area (Å²) in [6.45, 7) is 4.66. The number of para-hydroxylation sites is 1. The number of aliphatic imine (C=N–C) groups is 1. The first-order chi connectivity index (χ1) is 14.6. The fourth-order valence-corrected chi connectivity index (χ4v) is 4.17. The van der Waals surface area contributed by atoms with Crippen molar-refractivity contribution in [2.24, 2.45) is 4.99 Å². The number of likely N-dealkylation sites (N-methyl/N-ethyl adjacent to an activating group) is 1. The number of aryl methyl sites for hydroxylation is 1. The Balaban J connectivity index is 0.00000341. The first-order valence-electron chi connectivity index (χ1n) is 11.0. The molecule has 0 saturated carbocycles. The van der Waals surface area contributed by atoms with Gasteiger partial charge in [-0.15, -0.1) is 24.0 Å². The van der Waals surface area contributed by atoms with E-state index in [0.29, 0.717) is 0 Å². The molecule has 2 N–H and O–H groups in total. The van der Waals surface area contributed by atoms with Crippen LogP contribution < -0.4 is 10.6 Å². The van der Waals surface area contributed by atoms with Crippen molar-refractivity contribution in [3.63, 3.8) is 0 Å². The molecule has 0 bridgehead atoms. The van der Waals surface area contributed by atoms with Gasteiger partial charge in [0.1, 0.15) is 0 Å². The van der Waals surface area contributed by atoms with Gasteiger partial charge in [-0.05, 0) is 49.7 Å². The standard InChI is InChI=1S/C23H36N6O.HI/c1-24-23(25-13-7-16-28-15-6-11-21(28)22(30)27(2)3)26-14-8-17-29-18-12-19-9-4-5-10-20(19)29;/h4-5,9-10,12,18,21H,6-8,11,13-17H2,1-3H3,(H2,24,25,26);1H. The van der Waals surface area contributed by atoms with Gasteiger partial charge < -0.3 is 20.1 Å². The summed E-state index contributed by atoms with van der Waals surface area (Å²) in [7, 11) is 5.49. The van der Waals surface area contributed by atoms with Gasteiger partial charge in [0.05, 0.1) is 6.04 Å². The number of carbonyl (C=O) groups is 1. The van der Waals surface area contributed by atoms with Crippen molar-refractivity contribution in [1.29, 1.82) is 0 Å². The lowest BCUT2D eigenvalue weighted by atomic mass is 10.2. The molecule has 2 aromatic rings. The predicted molar refractivity (Wildman–Crippen MR) is 139 cm³/mol. The number of fused-ring (bicyclic) bond motifs is 1. The van der Waals surface area contributed by atoms with Crippen LogP contribution in [0.25, 0.3) is 10.9 Å². The van der Waals surface area contributed by atoms with E-state index in [9.17, 15) is 4.79 Å². The molecule has 7 nitrogen and oxygen atoms in total. The van der Waals surface area contributed by atoms with E-state index in [1.54, 1.807) is 11.9 Å². The molecular weight excluding hydrogens is 503 g/mol. The van der Waals surface area contributed by atoms with Crippen LogP contribution in [0.15, 0.2) is 41.5 Å². The molecule has 2 heterocycles. The average Bonchev–Trinajstić information content (AvgIpc) is 3.39. The molecule has 0 spiro atoms. The van der Waals surface area contributed by atoms with E-state index in [4.69, 9.17) is 0 Å². The Labute approximate surface area is 203 Å². The number of guanidine groups is 1. The Bertz CT molecular complexity index is 849. The van der Waals surface area contributed by atoms with Gasteiger partial charge in [-0.1, -0.05) is 18.2 Å². The van der Waals surface area contributed by atoms with Crippen LogP contribution in [-0.4, -0.2) is 79.6 Å². The van der Waals surface area contributed by atoms with Gasteiger partial charge in [0.25, 0.3) is 0 Å². The zero-order valence-corrected chi connectivity index (χ0v) is 21.3. The Morgan fingerprint density at radius 2 is 1.84 bits per heavy atom. The number of benzene rings is 1. The van der Waals surface area contributed by atoms with Crippen LogP contribution >= 0.6 is 24.0 Å². The second-order valence-corrected chi connectivity index (χ2v) is 8.13. The number of carbonyl (C=O) groups excluding carboxylic acids is 1. The molecule has 1 amide bonds. The second-order valence-electron chi connectivity index (χ2n) is 8.13. The zero-order chi connectivity index (χ0) is 21.3. The van der Waals surface area contributed by atoms with Gasteiger partial charge in [-0.2, -0.15) is 0 Å². The maximum absolute atomic E-state index is 12.3. The van der Waals surface area contributed by atoms with Crippen molar-refractivity contribution in [2.45, 2.75) is 38.3 Å². The quantitative estimate of drug-likeness (QED) is 0.222. The van der Waals surface area contributed by atoms with E-state index in [1.807, 2.05) is 14.1 Å². The molecule has 172 valence electrons. The van der Waals surface area contributed by atoms with Gasteiger partial charge >= 0.3 is 0 Å². The molecule has 1 aromatic heterocycles. The Morgan fingerprint density at radius 1 is 1.13 bits per heavy atom. The van der Waals surface area contributed by atoms with Crippen LogP contribution in [0.5, 0.6) is 0 Å². The molecule has 0 aliphatic carbocycles. The number of rotatable bonds is 9. The number of hydrogen-bond acceptors (Lipinski definition) is 3. The maximum atomic E-state index is 12.3. The molecular formula is C23H37IN6O. The summed E-state index contributed by atoms with van der Waals surface area (Å²) in [6.07, 6.45) is 6.26. The van der Waals surface area contributed by atoms with Crippen LogP contribution in [0.4, 0.5) is 0 Å². The lowest BCUT2D eigenvalue weighted by molar-refractivity contribution is -0.133. The first kappa shape index (κ1) is 25.5. The average molecular weight is 540 g/mol. The van der Waals surface area contributed by atoms with E-state index in [-0.39, 0.29) is 35.9 Å². The number of aromatic nitrogens is 1. The summed E-state index contributed by atoms with van der Waals surface area (Å²) >= 11 is 0. The molecule has 3 rings (SSSR count). The van der Waals surface area contributed by atoms with Crippen molar-refractivity contribution in [3.8, 4) is 0 Å². The van der Waals surface area contributed by atoms with Crippen molar-refractivity contribution >= 4 is 46.7 Å². The number of hydrogen-bond donors (Lipinski definition) is 2. The molecule has 1 saturated heterocycles. The van der Waals surface area contributed by atoms with Crippen molar-refractivity contribution in [2.75, 3.05) is 47.3 Å². The molecule has 1 aromatic carbocycles. The highest BCUT2D eigenvalue weighted by Crippen LogP contribution is 2.18. The monoisotopic (exact) mass is 540 g/mol. The summed E-state index contributed by atoms with van der Waals surface area (Å²) in [6, 6.07) is 10.7. The summed E-state index contributed by atoms with van der Waals surface area (Å²) < 4.78 is 2.30. The second kappa shape index (κ2) is 12.9. The number of nitrogens with one attached hydrogen (secondary N) is 2. The smallest absolute Gasteiger partial charge is 0.239 e. The largest absolute Gasteiger partial charge is 0.356 e. The highest BCUT2D eigenvalue weighted by molar-refractivity contribution is 14.0. The minimum absolute atomic E-state index is 0. The SMILES string of the molecule is CN=C(NCCCN1CCCC1C(=O)N(C)C)NCCCn1ccc2ccccc21.I. The summed E-state index contributed by atoms with van der Waals surface area (Å²) in [5, 5.41) is 8.08. The molecule has 31 heavy (non-hydrogen) atoms. The molecule has 1 aliphatic heterocycles. The van der Waals surface area contributed by atoms with E-state index in [1.165, 1.54) is 10.9 Å². The van der Waals surface area contributed by atoms with E-state index in [2.05, 4.69) is 61.6 Å². The number of amides is 1. The third kappa shape index (κ3) is 7.10.